The number of rotatable bonds is 5. The Bertz CT molecular complexity index is 878. The predicted octanol–water partition coefficient (Wildman–Crippen LogP) is 4.36. The molecule has 1 aromatic heterocycles. The monoisotopic (exact) mass is 352 g/mol. The molecule has 3 rings (SSSR count). The molecule has 25 heavy (non-hydrogen) atoms. The number of benzene rings is 2. The number of methoxy groups -OCH3 is 1. The molecule has 0 aliphatic carbocycles. The summed E-state index contributed by atoms with van der Waals surface area (Å²) in [5.41, 5.74) is 1.65. The van der Waals surface area contributed by atoms with Crippen LogP contribution in [0.2, 0.25) is 0 Å². The van der Waals surface area contributed by atoms with Gasteiger partial charge in [-0.1, -0.05) is 59.9 Å². The minimum absolute atomic E-state index is 0.403. The molecule has 2 aromatic carbocycles. The fourth-order valence-corrected chi connectivity index (χ4v) is 2.72. The number of carbonyl (C=O) groups excluding carboxylic acids is 1. The number of anilines is 2. The third kappa shape index (κ3) is 4.65. The molecule has 6 nitrogen and oxygen atoms in total. The van der Waals surface area contributed by atoms with Crippen LogP contribution in [0.1, 0.15) is 10.6 Å². The average molecular weight is 352 g/mol. The molecular formula is C18H16N4O2S. The van der Waals surface area contributed by atoms with E-state index in [0.717, 1.165) is 5.56 Å². The molecule has 2 amide bonds. The van der Waals surface area contributed by atoms with Crippen molar-refractivity contribution in [3.63, 3.8) is 0 Å². The van der Waals surface area contributed by atoms with E-state index in [4.69, 9.17) is 4.74 Å². The van der Waals surface area contributed by atoms with Crippen molar-refractivity contribution in [2.45, 2.75) is 0 Å². The van der Waals surface area contributed by atoms with Gasteiger partial charge in [0.05, 0.1) is 12.8 Å². The molecule has 0 bridgehead atoms. The molecule has 126 valence electrons. The first-order chi connectivity index (χ1) is 12.2. The van der Waals surface area contributed by atoms with Crippen LogP contribution >= 0.6 is 11.3 Å². The van der Waals surface area contributed by atoms with Gasteiger partial charge >= 0.3 is 6.03 Å². The number of para-hydroxylation sites is 2. The van der Waals surface area contributed by atoms with E-state index in [0.29, 0.717) is 21.6 Å². The lowest BCUT2D eigenvalue weighted by atomic mass is 10.2. The van der Waals surface area contributed by atoms with Crippen LogP contribution in [0.5, 0.6) is 5.75 Å². The lowest BCUT2D eigenvalue weighted by Crippen LogP contribution is -2.19. The summed E-state index contributed by atoms with van der Waals surface area (Å²) in [6.45, 7) is 0. The van der Waals surface area contributed by atoms with Gasteiger partial charge in [-0.15, -0.1) is 10.2 Å². The van der Waals surface area contributed by atoms with Crippen LogP contribution in [0, 0.1) is 0 Å². The molecule has 0 radical (unpaired) electrons. The Morgan fingerprint density at radius 3 is 2.56 bits per heavy atom. The minimum atomic E-state index is -0.403. The van der Waals surface area contributed by atoms with Crippen LogP contribution in [0.25, 0.3) is 12.2 Å². The Morgan fingerprint density at radius 1 is 1.00 bits per heavy atom. The van der Waals surface area contributed by atoms with Crippen molar-refractivity contribution in [1.29, 1.82) is 0 Å². The number of aromatic nitrogens is 2. The summed E-state index contributed by atoms with van der Waals surface area (Å²) in [6.07, 6.45) is 3.80. The van der Waals surface area contributed by atoms with Gasteiger partial charge in [0.2, 0.25) is 5.13 Å². The van der Waals surface area contributed by atoms with Gasteiger partial charge in [0.15, 0.2) is 0 Å². The Labute approximate surface area is 149 Å². The van der Waals surface area contributed by atoms with E-state index in [1.165, 1.54) is 11.3 Å². The van der Waals surface area contributed by atoms with Gasteiger partial charge in [-0.05, 0) is 23.8 Å². The van der Waals surface area contributed by atoms with Crippen LogP contribution in [0.3, 0.4) is 0 Å². The van der Waals surface area contributed by atoms with Gasteiger partial charge in [-0.25, -0.2) is 4.79 Å². The molecule has 0 saturated carbocycles. The van der Waals surface area contributed by atoms with Gasteiger partial charge in [0.25, 0.3) is 0 Å². The summed E-state index contributed by atoms with van der Waals surface area (Å²) >= 11 is 1.29. The van der Waals surface area contributed by atoms with E-state index in [-0.39, 0.29) is 0 Å². The van der Waals surface area contributed by atoms with Crippen LogP contribution in [0.4, 0.5) is 15.6 Å². The quantitative estimate of drug-likeness (QED) is 0.715. The fraction of sp³-hybridized carbons (Fsp3) is 0.0556. The van der Waals surface area contributed by atoms with Gasteiger partial charge in [0.1, 0.15) is 10.8 Å². The summed E-state index contributed by atoms with van der Waals surface area (Å²) in [4.78, 5) is 12.1. The van der Waals surface area contributed by atoms with Crippen molar-refractivity contribution in [2.75, 3.05) is 17.7 Å². The summed E-state index contributed by atoms with van der Waals surface area (Å²) in [5, 5.41) is 14.5. The summed E-state index contributed by atoms with van der Waals surface area (Å²) < 4.78 is 5.20. The Kier molecular flexibility index (Phi) is 5.38. The molecule has 7 heteroatoms. The molecule has 2 N–H and O–H groups in total. The zero-order valence-corrected chi connectivity index (χ0v) is 14.3. The van der Waals surface area contributed by atoms with Crippen molar-refractivity contribution in [3.05, 3.63) is 65.2 Å². The number of nitrogens with zero attached hydrogens (tertiary/aromatic N) is 2. The van der Waals surface area contributed by atoms with E-state index < -0.39 is 6.03 Å². The summed E-state index contributed by atoms with van der Waals surface area (Å²) in [7, 11) is 1.55. The zero-order chi connectivity index (χ0) is 17.5. The van der Waals surface area contributed by atoms with Crippen molar-refractivity contribution in [3.8, 4) is 5.75 Å². The highest BCUT2D eigenvalue weighted by Crippen LogP contribution is 2.23. The van der Waals surface area contributed by atoms with E-state index in [1.807, 2.05) is 54.6 Å². The highest BCUT2D eigenvalue weighted by Gasteiger charge is 2.09. The summed E-state index contributed by atoms with van der Waals surface area (Å²) in [6, 6.07) is 16.7. The number of hydrogen-bond donors (Lipinski definition) is 2. The van der Waals surface area contributed by atoms with Gasteiger partial charge in [0, 0.05) is 0 Å². The number of urea groups is 1. The lowest BCUT2D eigenvalue weighted by Gasteiger charge is -2.09. The second-order valence-electron chi connectivity index (χ2n) is 4.97. The van der Waals surface area contributed by atoms with E-state index in [1.54, 1.807) is 19.2 Å². The molecule has 0 aliphatic heterocycles. The Hall–Kier alpha value is -3.19. The minimum Gasteiger partial charge on any atom is -0.495 e. The third-order valence-corrected chi connectivity index (χ3v) is 4.04. The second-order valence-corrected chi connectivity index (χ2v) is 5.98. The fourth-order valence-electron chi connectivity index (χ4n) is 2.08. The molecule has 0 unspecified atom stereocenters. The molecular weight excluding hydrogens is 336 g/mol. The Balaban J connectivity index is 1.61. The van der Waals surface area contributed by atoms with Crippen molar-refractivity contribution >= 4 is 40.3 Å². The van der Waals surface area contributed by atoms with Crippen molar-refractivity contribution < 1.29 is 9.53 Å². The molecule has 3 aromatic rings. The van der Waals surface area contributed by atoms with Gasteiger partial charge < -0.3 is 10.1 Å². The molecule has 0 atom stereocenters. The largest absolute Gasteiger partial charge is 0.495 e. The normalized spacial score (nSPS) is 10.6. The molecule has 0 fully saturated rings. The average Bonchev–Trinajstić information content (AvgIpc) is 3.08. The first kappa shape index (κ1) is 16.7. The SMILES string of the molecule is COc1ccccc1NC(=O)Nc1nnc(C=Cc2ccccc2)s1. The Morgan fingerprint density at radius 2 is 1.76 bits per heavy atom. The number of hydrogen-bond acceptors (Lipinski definition) is 5. The van der Waals surface area contributed by atoms with Crippen LogP contribution in [-0.2, 0) is 0 Å². The first-order valence-corrected chi connectivity index (χ1v) is 8.34. The van der Waals surface area contributed by atoms with E-state index in [9.17, 15) is 4.79 Å². The van der Waals surface area contributed by atoms with Crippen LogP contribution in [0.15, 0.2) is 54.6 Å². The second kappa shape index (κ2) is 8.07. The van der Waals surface area contributed by atoms with Crippen LogP contribution < -0.4 is 15.4 Å². The first-order valence-electron chi connectivity index (χ1n) is 7.52. The number of ether oxygens (including phenoxy) is 1. The van der Waals surface area contributed by atoms with E-state index in [2.05, 4.69) is 20.8 Å². The maximum atomic E-state index is 12.1. The number of amides is 2. The van der Waals surface area contributed by atoms with Crippen LogP contribution in [-0.4, -0.2) is 23.3 Å². The highest BCUT2D eigenvalue weighted by molar-refractivity contribution is 7.16. The highest BCUT2D eigenvalue weighted by atomic mass is 32.1. The van der Waals surface area contributed by atoms with E-state index >= 15 is 0 Å². The molecule has 1 heterocycles. The number of carbonyl (C=O) groups is 1. The smallest absolute Gasteiger partial charge is 0.325 e. The van der Waals surface area contributed by atoms with Gasteiger partial charge in [-0.2, -0.15) is 0 Å². The lowest BCUT2D eigenvalue weighted by molar-refractivity contribution is 0.262. The molecule has 0 spiro atoms. The van der Waals surface area contributed by atoms with Crippen molar-refractivity contribution in [1.82, 2.24) is 10.2 Å². The zero-order valence-electron chi connectivity index (χ0n) is 13.5. The maximum Gasteiger partial charge on any atom is 0.325 e. The predicted molar refractivity (Wildman–Crippen MR) is 101 cm³/mol. The van der Waals surface area contributed by atoms with Gasteiger partial charge in [-0.3, -0.25) is 5.32 Å². The number of nitrogens with one attached hydrogen (secondary N) is 2. The van der Waals surface area contributed by atoms with Crippen molar-refractivity contribution in [2.24, 2.45) is 0 Å². The topological polar surface area (TPSA) is 76.1 Å². The molecule has 0 aliphatic rings. The maximum absolute atomic E-state index is 12.1. The third-order valence-electron chi connectivity index (χ3n) is 3.23. The molecule has 0 saturated heterocycles. The summed E-state index contributed by atoms with van der Waals surface area (Å²) in [5.74, 6) is 0.585. The standard InChI is InChI=1S/C18H16N4O2S/c1-24-15-10-6-5-9-14(15)19-17(23)20-18-22-21-16(25-18)12-11-13-7-3-2-4-8-13/h2-12H,1H3,(H2,19,20,22,23).